The van der Waals surface area contributed by atoms with E-state index >= 15 is 0 Å². The van der Waals surface area contributed by atoms with Gasteiger partial charge in [-0.25, -0.2) is 4.98 Å². The molecule has 2 aliphatic heterocycles. The number of aromatic nitrogens is 1. The van der Waals surface area contributed by atoms with Gasteiger partial charge in [0.25, 0.3) is 0 Å². The number of hydrogen-bond acceptors (Lipinski definition) is 5. The highest BCUT2D eigenvalue weighted by Crippen LogP contribution is 2.46. The second kappa shape index (κ2) is 6.46. The highest BCUT2D eigenvalue weighted by molar-refractivity contribution is 8.01. The van der Waals surface area contributed by atoms with Crippen LogP contribution in [0.3, 0.4) is 0 Å². The molecule has 3 heterocycles. The van der Waals surface area contributed by atoms with Gasteiger partial charge in [0.15, 0.2) is 0 Å². The minimum absolute atomic E-state index is 0.207. The summed E-state index contributed by atoms with van der Waals surface area (Å²) in [6.45, 7) is 2.55. The number of pyridine rings is 1. The van der Waals surface area contributed by atoms with Crippen LogP contribution in [0, 0.1) is 0 Å². The van der Waals surface area contributed by atoms with Crippen molar-refractivity contribution in [3.63, 3.8) is 0 Å². The summed E-state index contributed by atoms with van der Waals surface area (Å²) in [5, 5.41) is 0. The van der Waals surface area contributed by atoms with E-state index in [1.54, 1.807) is 6.20 Å². The van der Waals surface area contributed by atoms with Gasteiger partial charge in [-0.3, -0.25) is 4.79 Å². The molecule has 0 aromatic carbocycles. The topological polar surface area (TPSA) is 45.7 Å². The van der Waals surface area contributed by atoms with Crippen LogP contribution >= 0.6 is 11.8 Å². The molecule has 0 aliphatic carbocycles. The maximum atomic E-state index is 12.1. The minimum Gasteiger partial charge on any atom is -0.473 e. The number of thioether (sulfide) groups is 1. The fraction of sp³-hybridized carbons (Fsp3) is 0.625. The molecular weight excluding hydrogens is 298 g/mol. The summed E-state index contributed by atoms with van der Waals surface area (Å²) in [6.07, 6.45) is 3.58. The highest BCUT2D eigenvalue weighted by Gasteiger charge is 2.51. The molecule has 120 valence electrons. The summed E-state index contributed by atoms with van der Waals surface area (Å²) in [4.78, 5) is 20.3. The number of carbonyl (C=O) groups excluding carboxylic acids is 1. The maximum Gasteiger partial charge on any atom is 0.223 e. The van der Waals surface area contributed by atoms with Gasteiger partial charge in [-0.1, -0.05) is 6.07 Å². The van der Waals surface area contributed by atoms with E-state index < -0.39 is 0 Å². The van der Waals surface area contributed by atoms with E-state index in [0.717, 1.165) is 31.8 Å². The van der Waals surface area contributed by atoms with Gasteiger partial charge in [-0.15, -0.1) is 11.8 Å². The molecule has 0 N–H and O–H groups in total. The van der Waals surface area contributed by atoms with Gasteiger partial charge < -0.3 is 14.5 Å². The first-order valence-corrected chi connectivity index (χ1v) is 8.69. The van der Waals surface area contributed by atoms with E-state index in [2.05, 4.69) is 9.88 Å². The predicted octanol–water partition coefficient (Wildman–Crippen LogP) is 1.50. The summed E-state index contributed by atoms with van der Waals surface area (Å²) in [7, 11) is 3.99. The number of likely N-dealkylation sites (tertiary alicyclic amines) is 1. The zero-order chi connectivity index (χ0) is 15.6. The molecule has 0 saturated carbocycles. The average molecular weight is 321 g/mol. The molecule has 5 nitrogen and oxygen atoms in total. The van der Waals surface area contributed by atoms with E-state index in [1.165, 1.54) is 0 Å². The van der Waals surface area contributed by atoms with Gasteiger partial charge in [0.2, 0.25) is 11.8 Å². The molecule has 1 amide bonds. The summed E-state index contributed by atoms with van der Waals surface area (Å²) in [6, 6.07) is 5.73. The van der Waals surface area contributed by atoms with Gasteiger partial charge in [-0.05, 0) is 20.2 Å². The first kappa shape index (κ1) is 15.6. The third-order valence-corrected chi connectivity index (χ3v) is 5.76. The molecule has 1 unspecified atom stereocenters. The van der Waals surface area contributed by atoms with Crippen molar-refractivity contribution < 1.29 is 9.53 Å². The third-order valence-electron chi connectivity index (χ3n) is 4.18. The van der Waals surface area contributed by atoms with Gasteiger partial charge in [0.05, 0.1) is 4.75 Å². The lowest BCUT2D eigenvalue weighted by atomic mass is 9.92. The second-order valence-corrected chi connectivity index (χ2v) is 7.90. The molecular formula is C16H23N3O2S. The standard InChI is InChI=1S/C16H23N3O2S/c1-18(2)8-6-15(20)19-11-16(12-19)9-13(10-22-16)21-14-5-3-4-7-17-14/h3-5,7,13H,6,8-12H2,1-2H3. The van der Waals surface area contributed by atoms with Crippen molar-refractivity contribution in [2.75, 3.05) is 39.5 Å². The first-order valence-electron chi connectivity index (χ1n) is 7.70. The molecule has 1 spiro atoms. The van der Waals surface area contributed by atoms with Crippen molar-refractivity contribution in [1.29, 1.82) is 0 Å². The summed E-state index contributed by atoms with van der Waals surface area (Å²) < 4.78 is 6.15. The van der Waals surface area contributed by atoms with Crippen molar-refractivity contribution in [3.8, 4) is 5.88 Å². The van der Waals surface area contributed by atoms with Crippen LogP contribution in [0.25, 0.3) is 0 Å². The highest BCUT2D eigenvalue weighted by atomic mass is 32.2. The lowest BCUT2D eigenvalue weighted by Crippen LogP contribution is -2.61. The lowest BCUT2D eigenvalue weighted by molar-refractivity contribution is -0.136. The van der Waals surface area contributed by atoms with Gasteiger partial charge in [-0.2, -0.15) is 0 Å². The Kier molecular flexibility index (Phi) is 4.59. The zero-order valence-corrected chi connectivity index (χ0v) is 14.0. The van der Waals surface area contributed by atoms with Crippen molar-refractivity contribution in [2.24, 2.45) is 0 Å². The predicted molar refractivity (Wildman–Crippen MR) is 88.2 cm³/mol. The Morgan fingerprint density at radius 2 is 2.32 bits per heavy atom. The van der Waals surface area contributed by atoms with Crippen LogP contribution in [-0.2, 0) is 4.79 Å². The molecule has 0 radical (unpaired) electrons. The molecule has 2 aliphatic rings. The first-order chi connectivity index (χ1) is 10.6. The fourth-order valence-corrected chi connectivity index (χ4v) is 4.51. The lowest BCUT2D eigenvalue weighted by Gasteiger charge is -2.47. The largest absolute Gasteiger partial charge is 0.473 e. The van der Waals surface area contributed by atoms with Crippen LogP contribution in [0.4, 0.5) is 0 Å². The fourth-order valence-electron chi connectivity index (χ4n) is 2.99. The van der Waals surface area contributed by atoms with Crippen molar-refractivity contribution in [2.45, 2.75) is 23.7 Å². The Morgan fingerprint density at radius 3 is 3.00 bits per heavy atom. The van der Waals surface area contributed by atoms with Crippen LogP contribution < -0.4 is 4.74 Å². The number of rotatable bonds is 5. The van der Waals surface area contributed by atoms with Gasteiger partial charge in [0, 0.05) is 50.5 Å². The molecule has 1 aromatic rings. The monoisotopic (exact) mass is 321 g/mol. The Morgan fingerprint density at radius 1 is 1.50 bits per heavy atom. The van der Waals surface area contributed by atoms with E-state index in [4.69, 9.17) is 4.74 Å². The van der Waals surface area contributed by atoms with E-state index in [-0.39, 0.29) is 16.8 Å². The Balaban J connectivity index is 1.45. The van der Waals surface area contributed by atoms with Gasteiger partial charge in [0.1, 0.15) is 6.10 Å². The van der Waals surface area contributed by atoms with Crippen LogP contribution in [-0.4, -0.2) is 71.0 Å². The second-order valence-electron chi connectivity index (χ2n) is 6.41. The smallest absolute Gasteiger partial charge is 0.223 e. The SMILES string of the molecule is CN(C)CCC(=O)N1CC2(CC(Oc3ccccn3)CS2)C1. The molecule has 0 bridgehead atoms. The molecule has 2 fully saturated rings. The number of amides is 1. The van der Waals surface area contributed by atoms with Crippen molar-refractivity contribution in [1.82, 2.24) is 14.8 Å². The molecule has 3 rings (SSSR count). The number of nitrogens with zero attached hydrogens (tertiary/aromatic N) is 3. The van der Waals surface area contributed by atoms with Crippen LogP contribution in [0.2, 0.25) is 0 Å². The number of carbonyl (C=O) groups is 1. The summed E-state index contributed by atoms with van der Waals surface area (Å²) in [5.74, 6) is 1.95. The summed E-state index contributed by atoms with van der Waals surface area (Å²) in [5.41, 5.74) is 0. The van der Waals surface area contributed by atoms with Crippen molar-refractivity contribution >= 4 is 17.7 Å². The van der Waals surface area contributed by atoms with Gasteiger partial charge >= 0.3 is 0 Å². The van der Waals surface area contributed by atoms with Crippen LogP contribution in [0.1, 0.15) is 12.8 Å². The Hall–Kier alpha value is -1.27. The Bertz CT molecular complexity index is 517. The molecule has 6 heteroatoms. The summed E-state index contributed by atoms with van der Waals surface area (Å²) >= 11 is 1.95. The minimum atomic E-state index is 0.207. The van der Waals surface area contributed by atoms with E-state index in [9.17, 15) is 4.79 Å². The van der Waals surface area contributed by atoms with Crippen molar-refractivity contribution in [3.05, 3.63) is 24.4 Å². The normalized spacial score (nSPS) is 22.9. The zero-order valence-electron chi connectivity index (χ0n) is 13.2. The number of hydrogen-bond donors (Lipinski definition) is 0. The maximum absolute atomic E-state index is 12.1. The molecule has 22 heavy (non-hydrogen) atoms. The van der Waals surface area contributed by atoms with E-state index in [1.807, 2.05) is 49.0 Å². The van der Waals surface area contributed by atoms with Crippen LogP contribution in [0.5, 0.6) is 5.88 Å². The average Bonchev–Trinajstić information content (AvgIpc) is 2.88. The Labute approximate surface area is 136 Å². The molecule has 1 atom stereocenters. The van der Waals surface area contributed by atoms with Crippen LogP contribution in [0.15, 0.2) is 24.4 Å². The van der Waals surface area contributed by atoms with E-state index in [0.29, 0.717) is 12.3 Å². The quantitative estimate of drug-likeness (QED) is 0.822. The molecule has 2 saturated heterocycles. The third kappa shape index (κ3) is 3.55. The molecule has 1 aromatic heterocycles. The number of ether oxygens (including phenoxy) is 1.